The van der Waals surface area contributed by atoms with Crippen LogP contribution in [0, 0.1) is 28.1 Å². The van der Waals surface area contributed by atoms with E-state index in [-0.39, 0.29) is 46.1 Å². The molecule has 1 unspecified atom stereocenters. The lowest BCUT2D eigenvalue weighted by Crippen LogP contribution is -2.45. The molecule has 0 aromatic heterocycles. The largest absolute Gasteiger partial charge is 0.461 e. The number of carbonyl (C=O) groups excluding carboxylic acids is 2. The number of carbonyl (C=O) groups is 2. The van der Waals surface area contributed by atoms with E-state index in [0.29, 0.717) is 0 Å². The summed E-state index contributed by atoms with van der Waals surface area (Å²) >= 11 is 0. The molecule has 0 spiro atoms. The van der Waals surface area contributed by atoms with Gasteiger partial charge in [-0.1, -0.05) is 93.7 Å². The molecule has 0 radical (unpaired) electrons. The zero-order chi connectivity index (χ0) is 23.3. The molecule has 1 N–H and O–H groups in total. The fraction of sp³-hybridized carbons (Fsp3) is 0.846. The van der Waals surface area contributed by atoms with Crippen molar-refractivity contribution >= 4 is 11.9 Å². The van der Waals surface area contributed by atoms with Gasteiger partial charge in [-0.25, -0.2) is 4.79 Å². The maximum absolute atomic E-state index is 12.8. The monoisotopic (exact) mass is 421 g/mol. The molecular weight excluding hydrogens is 374 g/mol. The summed E-state index contributed by atoms with van der Waals surface area (Å²) in [6.07, 6.45) is 10.3. The Morgan fingerprint density at radius 2 is 1.70 bits per heavy atom. The van der Waals surface area contributed by atoms with E-state index in [1.807, 2.05) is 20.8 Å². The maximum atomic E-state index is 12.8. The third-order valence-electron chi connectivity index (χ3n) is 7.50. The van der Waals surface area contributed by atoms with E-state index >= 15 is 0 Å². The highest BCUT2D eigenvalue weighted by Crippen LogP contribution is 2.45. The van der Waals surface area contributed by atoms with Crippen LogP contribution in [0.15, 0.2) is 12.2 Å². The van der Waals surface area contributed by atoms with Gasteiger partial charge in [-0.15, -0.1) is 0 Å². The van der Waals surface area contributed by atoms with E-state index in [1.54, 1.807) is 0 Å². The van der Waals surface area contributed by atoms with Crippen LogP contribution in [-0.2, 0) is 14.3 Å². The molecule has 0 aliphatic carbocycles. The zero-order valence-electron chi connectivity index (χ0n) is 21.2. The molecular formula is C26H47NO3. The Labute approximate surface area is 185 Å². The first-order valence-corrected chi connectivity index (χ1v) is 11.8. The summed E-state index contributed by atoms with van der Waals surface area (Å²) in [7, 11) is 0. The van der Waals surface area contributed by atoms with Crippen LogP contribution in [0.4, 0.5) is 0 Å². The summed E-state index contributed by atoms with van der Waals surface area (Å²) in [6.45, 7) is 21.6. The molecule has 4 heteroatoms. The number of esters is 1. The van der Waals surface area contributed by atoms with Gasteiger partial charge in [0, 0.05) is 11.8 Å². The second kappa shape index (κ2) is 10.3. The molecule has 0 aromatic rings. The highest BCUT2D eigenvalue weighted by molar-refractivity contribution is 5.87. The van der Waals surface area contributed by atoms with Gasteiger partial charge in [-0.2, -0.15) is 0 Å². The van der Waals surface area contributed by atoms with Gasteiger partial charge in [0.25, 0.3) is 0 Å². The average Bonchev–Trinajstić information content (AvgIpc) is 2.86. The van der Waals surface area contributed by atoms with Gasteiger partial charge in [-0.05, 0) is 36.0 Å². The van der Waals surface area contributed by atoms with Crippen molar-refractivity contribution in [2.45, 2.75) is 113 Å². The summed E-state index contributed by atoms with van der Waals surface area (Å²) in [6, 6.07) is -0.533. The third kappa shape index (κ3) is 7.13. The lowest BCUT2D eigenvalue weighted by atomic mass is 9.63. The molecule has 4 nitrogen and oxygen atoms in total. The van der Waals surface area contributed by atoms with Crippen LogP contribution >= 0.6 is 0 Å². The van der Waals surface area contributed by atoms with Crippen LogP contribution in [0.1, 0.15) is 101 Å². The summed E-state index contributed by atoms with van der Waals surface area (Å²) in [4.78, 5) is 24.9. The van der Waals surface area contributed by atoms with Gasteiger partial charge in [-0.3, -0.25) is 4.79 Å². The van der Waals surface area contributed by atoms with E-state index in [2.05, 4.69) is 65.9 Å². The van der Waals surface area contributed by atoms with Gasteiger partial charge in [0.1, 0.15) is 12.1 Å². The van der Waals surface area contributed by atoms with Gasteiger partial charge in [0.2, 0.25) is 5.91 Å². The number of hydrogen-bond acceptors (Lipinski definition) is 3. The van der Waals surface area contributed by atoms with E-state index < -0.39 is 6.04 Å². The number of rotatable bonds is 11. The van der Waals surface area contributed by atoms with Crippen molar-refractivity contribution in [1.82, 2.24) is 5.32 Å². The van der Waals surface area contributed by atoms with Crippen LogP contribution < -0.4 is 5.32 Å². The van der Waals surface area contributed by atoms with Crippen molar-refractivity contribution in [3.05, 3.63) is 12.2 Å². The first kappa shape index (κ1) is 26.7. The van der Waals surface area contributed by atoms with Crippen molar-refractivity contribution in [2.75, 3.05) is 0 Å². The van der Waals surface area contributed by atoms with Gasteiger partial charge < -0.3 is 10.1 Å². The van der Waals surface area contributed by atoms with Gasteiger partial charge in [0.05, 0.1) is 0 Å². The minimum absolute atomic E-state index is 0.00373. The fourth-order valence-electron chi connectivity index (χ4n) is 4.03. The molecule has 1 rings (SSSR count). The number of ether oxygens (including phenoxy) is 1. The summed E-state index contributed by atoms with van der Waals surface area (Å²) in [5.41, 5.74) is 0.0493. The van der Waals surface area contributed by atoms with Crippen LogP contribution in [0.2, 0.25) is 0 Å². The molecule has 0 saturated carbocycles. The summed E-state index contributed by atoms with van der Waals surface area (Å²) < 4.78 is 5.26. The zero-order valence-corrected chi connectivity index (χ0v) is 21.2. The average molecular weight is 422 g/mol. The highest BCUT2D eigenvalue weighted by atomic mass is 16.6. The molecule has 1 heterocycles. The third-order valence-corrected chi connectivity index (χ3v) is 7.50. The lowest BCUT2D eigenvalue weighted by Gasteiger charge is -2.42. The summed E-state index contributed by atoms with van der Waals surface area (Å²) in [5, 5.41) is 2.94. The van der Waals surface area contributed by atoms with Crippen molar-refractivity contribution in [2.24, 2.45) is 28.1 Å². The normalized spacial score (nSPS) is 24.2. The number of unbranched alkanes of at least 4 members (excludes halogenated alkanes) is 2. The Morgan fingerprint density at radius 3 is 2.20 bits per heavy atom. The Kier molecular flexibility index (Phi) is 9.20. The number of amides is 1. The second-order valence-corrected chi connectivity index (χ2v) is 11.5. The summed E-state index contributed by atoms with van der Waals surface area (Å²) in [5.74, 6) is -0.564. The molecule has 30 heavy (non-hydrogen) atoms. The van der Waals surface area contributed by atoms with Crippen molar-refractivity contribution in [3.63, 3.8) is 0 Å². The van der Waals surface area contributed by atoms with Crippen molar-refractivity contribution in [1.29, 1.82) is 0 Å². The molecule has 4 atom stereocenters. The number of hydrogen-bond donors (Lipinski definition) is 1. The predicted molar refractivity (Wildman–Crippen MR) is 125 cm³/mol. The predicted octanol–water partition coefficient (Wildman–Crippen LogP) is 6.29. The molecule has 174 valence electrons. The van der Waals surface area contributed by atoms with Gasteiger partial charge in [0.15, 0.2) is 0 Å². The van der Waals surface area contributed by atoms with Gasteiger partial charge >= 0.3 is 5.97 Å². The SMILES string of the molecule is CCCCCC(C)(C)/C=C/C(C)(C)C(C)(C)CC(C)C(=O)N[C@H]1C(=O)O[C@@H](C)[C@@H]1C. The standard InChI is InChI=1S/C26H47NO3/c1-11-12-13-14-24(5,6)15-16-25(7,8)26(9,10)17-18(2)22(28)27-21-19(3)20(4)30-23(21)29/h15-16,18-21H,11-14,17H2,1-10H3,(H,27,28)/b16-15+/t18?,19-,20-,21+/m0/s1. The number of cyclic esters (lactones) is 1. The quantitative estimate of drug-likeness (QED) is 0.242. The van der Waals surface area contributed by atoms with Crippen LogP contribution in [0.3, 0.4) is 0 Å². The lowest BCUT2D eigenvalue weighted by molar-refractivity contribution is -0.144. The Hall–Kier alpha value is -1.32. The van der Waals surface area contributed by atoms with E-state index in [9.17, 15) is 9.59 Å². The van der Waals surface area contributed by atoms with Crippen LogP contribution in [-0.4, -0.2) is 24.0 Å². The molecule has 1 fully saturated rings. The molecule has 0 aromatic carbocycles. The van der Waals surface area contributed by atoms with Crippen LogP contribution in [0.25, 0.3) is 0 Å². The van der Waals surface area contributed by atoms with E-state index in [0.717, 1.165) is 6.42 Å². The Morgan fingerprint density at radius 1 is 1.10 bits per heavy atom. The highest BCUT2D eigenvalue weighted by Gasteiger charge is 2.42. The first-order valence-electron chi connectivity index (χ1n) is 11.8. The van der Waals surface area contributed by atoms with Crippen molar-refractivity contribution in [3.8, 4) is 0 Å². The van der Waals surface area contributed by atoms with Crippen molar-refractivity contribution < 1.29 is 14.3 Å². The number of nitrogens with one attached hydrogen (secondary N) is 1. The number of allylic oxidation sites excluding steroid dienone is 2. The minimum atomic E-state index is -0.533. The van der Waals surface area contributed by atoms with Crippen LogP contribution in [0.5, 0.6) is 0 Å². The molecule has 1 aliphatic rings. The smallest absolute Gasteiger partial charge is 0.329 e. The van der Waals surface area contributed by atoms with E-state index in [1.165, 1.54) is 25.7 Å². The molecule has 1 amide bonds. The Bertz CT molecular complexity index is 618. The Balaban J connectivity index is 2.75. The maximum Gasteiger partial charge on any atom is 0.329 e. The first-order chi connectivity index (χ1) is 13.6. The molecule has 1 saturated heterocycles. The van der Waals surface area contributed by atoms with E-state index in [4.69, 9.17) is 4.74 Å². The topological polar surface area (TPSA) is 55.4 Å². The fourth-order valence-corrected chi connectivity index (χ4v) is 4.03. The molecule has 1 aliphatic heterocycles. The molecule has 0 bridgehead atoms. The second-order valence-electron chi connectivity index (χ2n) is 11.5. The minimum Gasteiger partial charge on any atom is -0.461 e.